The Bertz CT molecular complexity index is 2180. The molecule has 3 aliphatic carbocycles. The fraction of sp³-hybridized carbons (Fsp3) is 0.182. The van der Waals surface area contributed by atoms with Gasteiger partial charge in [-0.3, -0.25) is 20.2 Å². The molecule has 0 unspecified atom stereocenters. The predicted molar refractivity (Wildman–Crippen MR) is 163 cm³/mol. The second-order valence-electron chi connectivity index (χ2n) is 12.1. The lowest BCUT2D eigenvalue weighted by atomic mass is 9.59. The molecule has 1 aromatic heterocycles. The minimum absolute atomic E-state index is 0.00842. The minimum Gasteiger partial charge on any atom is -0.393 e. The van der Waals surface area contributed by atoms with Crippen LogP contribution in [-0.2, 0) is 0 Å². The first-order chi connectivity index (χ1) is 20.9. The average Bonchev–Trinajstić information content (AvgIpc) is 3.46. The monoisotopic (exact) mass is 590 g/mol. The summed E-state index contributed by atoms with van der Waals surface area (Å²) in [4.78, 5) is 23.4. The van der Waals surface area contributed by atoms with Gasteiger partial charge in [-0.15, -0.1) is 0 Å². The number of rotatable bonds is 3. The summed E-state index contributed by atoms with van der Waals surface area (Å²) >= 11 is 0. The molecule has 0 radical (unpaired) electrons. The molecule has 9 rings (SSSR count). The Labute approximate surface area is 250 Å². The lowest BCUT2D eigenvalue weighted by Gasteiger charge is -2.43. The number of fused-ring (bicyclic) bond motifs is 2. The van der Waals surface area contributed by atoms with Crippen LogP contribution in [-0.4, -0.2) is 31.5 Å². The molecule has 8 nitrogen and oxygen atoms in total. The standard InChI is InChI=1S/C33H25BF2N4O4/c1-16-13-18(3)37-32(16)31(33-17(2)14-19(4)38(33)34(37,35)36)24-8-5-7-22-27-21-12-11-20(39(41)42)15-25(21)29(28(22)24)23-9-6-10-26(30(23)27)40(43)44/h5-15,27,29H,1-4H3/t27-,29+/m0/s1. The SMILES string of the molecule is CC1=CC(C)=[N+]2C1=C(c1cccc3c1[C@H]1c4cc([N+](=O)[O-])ccc4[C@@H]3c3c1cccc3[N+](=O)[O-])c1c(C)cc(C)n1[B-]2(F)F. The minimum atomic E-state index is -4.18. The Balaban J connectivity index is 1.51. The lowest BCUT2D eigenvalue weighted by molar-refractivity contribution is -0.385. The fourth-order valence-corrected chi connectivity index (χ4v) is 8.37. The van der Waals surface area contributed by atoms with Gasteiger partial charge in [-0.05, 0) is 71.5 Å². The molecule has 0 spiro atoms. The summed E-state index contributed by atoms with van der Waals surface area (Å²) in [5, 5.41) is 24.2. The number of nitro groups is 2. The van der Waals surface area contributed by atoms with E-state index >= 15 is 8.63 Å². The maximum Gasteiger partial charge on any atom is 0.737 e. The largest absolute Gasteiger partial charge is 0.737 e. The maximum absolute atomic E-state index is 16.4. The number of aryl methyl sites for hydroxylation is 2. The van der Waals surface area contributed by atoms with Crippen molar-refractivity contribution in [2.45, 2.75) is 39.5 Å². The molecule has 0 saturated carbocycles. The summed E-state index contributed by atoms with van der Waals surface area (Å²) in [6.45, 7) is 2.87. The molecule has 0 saturated heterocycles. The molecular formula is C33H25BF2N4O4. The van der Waals surface area contributed by atoms with Crippen molar-refractivity contribution >= 4 is 29.6 Å². The van der Waals surface area contributed by atoms with Crippen molar-refractivity contribution in [3.8, 4) is 0 Å². The van der Waals surface area contributed by atoms with Crippen LogP contribution in [0.15, 0.2) is 78.0 Å². The molecule has 2 bridgehead atoms. The van der Waals surface area contributed by atoms with Crippen molar-refractivity contribution in [1.29, 1.82) is 0 Å². The van der Waals surface area contributed by atoms with Gasteiger partial charge in [0.25, 0.3) is 11.4 Å². The zero-order valence-electron chi connectivity index (χ0n) is 24.3. The third kappa shape index (κ3) is 3.08. The highest BCUT2D eigenvalue weighted by atomic mass is 19.2. The van der Waals surface area contributed by atoms with Gasteiger partial charge in [0.05, 0.1) is 15.4 Å². The van der Waals surface area contributed by atoms with Crippen LogP contribution in [0.2, 0.25) is 0 Å². The molecule has 0 N–H and O–H groups in total. The lowest BCUT2D eigenvalue weighted by Crippen LogP contribution is -2.51. The summed E-state index contributed by atoms with van der Waals surface area (Å²) < 4.78 is 35.1. The first kappa shape index (κ1) is 26.4. The number of hydrogen-bond donors (Lipinski definition) is 0. The number of nitrogens with zero attached hydrogens (tertiary/aromatic N) is 4. The van der Waals surface area contributed by atoms with Crippen LogP contribution in [0.1, 0.15) is 81.6 Å². The molecule has 44 heavy (non-hydrogen) atoms. The van der Waals surface area contributed by atoms with Gasteiger partial charge >= 0.3 is 6.97 Å². The van der Waals surface area contributed by atoms with Crippen molar-refractivity contribution in [2.24, 2.45) is 0 Å². The summed E-state index contributed by atoms with van der Waals surface area (Å²) in [5.74, 6) is -1.13. The van der Waals surface area contributed by atoms with Crippen LogP contribution >= 0.6 is 0 Å². The van der Waals surface area contributed by atoms with E-state index in [0.29, 0.717) is 56.2 Å². The van der Waals surface area contributed by atoms with Crippen molar-refractivity contribution in [1.82, 2.24) is 4.48 Å². The quantitative estimate of drug-likeness (QED) is 0.123. The van der Waals surface area contributed by atoms with Gasteiger partial charge in [0.15, 0.2) is 5.70 Å². The van der Waals surface area contributed by atoms with E-state index in [0.717, 1.165) is 31.2 Å². The van der Waals surface area contributed by atoms with Crippen molar-refractivity contribution in [2.75, 3.05) is 0 Å². The molecule has 3 aromatic carbocycles. The van der Waals surface area contributed by atoms with Crippen LogP contribution in [0.4, 0.5) is 20.0 Å². The van der Waals surface area contributed by atoms with Crippen molar-refractivity contribution in [3.05, 3.63) is 154 Å². The predicted octanol–water partition coefficient (Wildman–Crippen LogP) is 7.34. The zero-order valence-corrected chi connectivity index (χ0v) is 24.3. The van der Waals surface area contributed by atoms with Gasteiger partial charge in [-0.2, -0.15) is 0 Å². The number of hydrogen-bond acceptors (Lipinski definition) is 4. The number of nitro benzene ring substituents is 2. The maximum atomic E-state index is 16.4. The number of benzene rings is 3. The first-order valence-corrected chi connectivity index (χ1v) is 14.4. The second-order valence-corrected chi connectivity index (χ2v) is 12.1. The van der Waals surface area contributed by atoms with Crippen LogP contribution in [0.5, 0.6) is 0 Å². The van der Waals surface area contributed by atoms with Crippen LogP contribution < -0.4 is 0 Å². The number of allylic oxidation sites excluding steroid dienone is 2. The number of non-ortho nitro benzene ring substituents is 1. The van der Waals surface area contributed by atoms with E-state index in [1.807, 2.05) is 38.1 Å². The number of aromatic nitrogens is 1. The average molecular weight is 590 g/mol. The van der Waals surface area contributed by atoms with E-state index in [1.165, 1.54) is 12.1 Å². The Morgan fingerprint density at radius 3 is 2.20 bits per heavy atom. The molecule has 4 aromatic rings. The third-order valence-corrected chi connectivity index (χ3v) is 9.76. The van der Waals surface area contributed by atoms with Crippen LogP contribution in [0, 0.1) is 34.1 Å². The molecule has 218 valence electrons. The summed E-state index contributed by atoms with van der Waals surface area (Å²) in [6.07, 6.45) is 1.78. The Kier molecular flexibility index (Phi) is 5.09. The van der Waals surface area contributed by atoms with Gasteiger partial charge in [0, 0.05) is 59.9 Å². The molecule has 5 aliphatic rings. The van der Waals surface area contributed by atoms with Crippen LogP contribution in [0.3, 0.4) is 0 Å². The Morgan fingerprint density at radius 1 is 0.818 bits per heavy atom. The van der Waals surface area contributed by atoms with Gasteiger partial charge < -0.3 is 17.6 Å². The van der Waals surface area contributed by atoms with Gasteiger partial charge in [0.2, 0.25) is 0 Å². The molecule has 2 atom stereocenters. The van der Waals surface area contributed by atoms with Crippen LogP contribution in [0.25, 0.3) is 5.57 Å². The normalized spacial score (nSPS) is 20.1. The zero-order chi connectivity index (χ0) is 31.0. The van der Waals surface area contributed by atoms with E-state index in [1.54, 1.807) is 44.2 Å². The highest BCUT2D eigenvalue weighted by Gasteiger charge is 2.56. The third-order valence-electron chi connectivity index (χ3n) is 9.76. The number of halogens is 2. The van der Waals surface area contributed by atoms with E-state index in [4.69, 9.17) is 0 Å². The Morgan fingerprint density at radius 2 is 1.50 bits per heavy atom. The molecule has 11 heteroatoms. The van der Waals surface area contributed by atoms with E-state index < -0.39 is 23.7 Å². The molecule has 3 heterocycles. The molecule has 2 aliphatic heterocycles. The smallest absolute Gasteiger partial charge is 0.393 e. The van der Waals surface area contributed by atoms with Crippen molar-refractivity contribution < 1.29 is 23.0 Å². The molecular weight excluding hydrogens is 565 g/mol. The van der Waals surface area contributed by atoms with E-state index in [-0.39, 0.29) is 16.3 Å². The highest BCUT2D eigenvalue weighted by Crippen LogP contribution is 2.60. The topological polar surface area (TPSA) is 94.2 Å². The summed E-state index contributed by atoms with van der Waals surface area (Å²) in [6, 6.07) is 17.2. The first-order valence-electron chi connectivity index (χ1n) is 14.4. The van der Waals surface area contributed by atoms with Gasteiger partial charge in [-0.1, -0.05) is 36.4 Å². The molecule has 0 fully saturated rings. The van der Waals surface area contributed by atoms with E-state index in [9.17, 15) is 20.2 Å². The summed E-state index contributed by atoms with van der Waals surface area (Å²) in [7, 11) is 0. The van der Waals surface area contributed by atoms with Gasteiger partial charge in [-0.25, -0.2) is 0 Å². The van der Waals surface area contributed by atoms with E-state index in [2.05, 4.69) is 0 Å². The van der Waals surface area contributed by atoms with Gasteiger partial charge in [0.1, 0.15) is 5.71 Å². The highest BCUT2D eigenvalue weighted by molar-refractivity contribution is 6.58. The van der Waals surface area contributed by atoms with Crippen molar-refractivity contribution in [3.63, 3.8) is 0 Å². The molecule has 0 amide bonds. The second kappa shape index (κ2) is 8.46. The summed E-state index contributed by atoms with van der Waals surface area (Å²) in [5.41, 5.74) is 8.96. The Hall–Kier alpha value is -5.19. The fourth-order valence-electron chi connectivity index (χ4n) is 8.37.